The fraction of sp³-hybridized carbons (Fsp3) is 0.312. The van der Waals surface area contributed by atoms with E-state index in [2.05, 4.69) is 11.1 Å². The number of benzene rings is 1. The molecule has 19 heavy (non-hydrogen) atoms. The maximum atomic E-state index is 9.68. The van der Waals surface area contributed by atoms with E-state index in [1.165, 1.54) is 11.1 Å². The van der Waals surface area contributed by atoms with Gasteiger partial charge in [-0.1, -0.05) is 13.0 Å². The molecule has 1 unspecified atom stereocenters. The molecule has 0 saturated carbocycles. The van der Waals surface area contributed by atoms with Crippen LogP contribution in [-0.4, -0.2) is 10.1 Å². The van der Waals surface area contributed by atoms with E-state index < -0.39 is 6.10 Å². The van der Waals surface area contributed by atoms with Crippen LogP contribution in [0.2, 0.25) is 0 Å². The number of pyridine rings is 1. The van der Waals surface area contributed by atoms with Crippen molar-refractivity contribution >= 4 is 0 Å². The second-order valence-corrected chi connectivity index (χ2v) is 4.77. The van der Waals surface area contributed by atoms with Gasteiger partial charge in [0.2, 0.25) is 0 Å². The van der Waals surface area contributed by atoms with Gasteiger partial charge in [-0.05, 0) is 55.7 Å². The summed E-state index contributed by atoms with van der Waals surface area (Å²) in [6.07, 6.45) is 1.80. The van der Waals surface area contributed by atoms with Crippen molar-refractivity contribution in [3.05, 3.63) is 53.3 Å². The predicted molar refractivity (Wildman–Crippen MR) is 75.5 cm³/mol. The van der Waals surface area contributed by atoms with E-state index in [-0.39, 0.29) is 0 Å². The molecule has 100 valence electrons. The fourth-order valence-electron chi connectivity index (χ4n) is 1.99. The Morgan fingerprint density at radius 1 is 1.11 bits per heavy atom. The fourth-order valence-corrected chi connectivity index (χ4v) is 1.99. The van der Waals surface area contributed by atoms with Crippen molar-refractivity contribution in [3.63, 3.8) is 0 Å². The predicted octanol–water partition coefficient (Wildman–Crippen LogP) is 3.93. The lowest BCUT2D eigenvalue weighted by molar-refractivity contribution is 0.169. The maximum Gasteiger partial charge on any atom is 0.145 e. The van der Waals surface area contributed by atoms with E-state index >= 15 is 0 Å². The SMILES string of the molecule is CCC(O)c1ccc(Oc2cc(C)cc(C)c2)cn1. The van der Waals surface area contributed by atoms with Crippen LogP contribution < -0.4 is 4.74 Å². The summed E-state index contributed by atoms with van der Waals surface area (Å²) in [6, 6.07) is 9.71. The average molecular weight is 257 g/mol. The number of aryl methyl sites for hydroxylation is 2. The van der Waals surface area contributed by atoms with E-state index in [9.17, 15) is 5.11 Å². The van der Waals surface area contributed by atoms with Gasteiger partial charge in [-0.15, -0.1) is 0 Å². The Labute approximate surface area is 113 Å². The number of hydrogen-bond donors (Lipinski definition) is 1. The summed E-state index contributed by atoms with van der Waals surface area (Å²) in [6.45, 7) is 6.00. The maximum absolute atomic E-state index is 9.68. The smallest absolute Gasteiger partial charge is 0.145 e. The van der Waals surface area contributed by atoms with Gasteiger partial charge in [-0.2, -0.15) is 0 Å². The van der Waals surface area contributed by atoms with Crippen LogP contribution in [0.25, 0.3) is 0 Å². The number of hydrogen-bond acceptors (Lipinski definition) is 3. The Morgan fingerprint density at radius 2 is 1.79 bits per heavy atom. The summed E-state index contributed by atoms with van der Waals surface area (Å²) in [4.78, 5) is 4.22. The quantitative estimate of drug-likeness (QED) is 0.902. The van der Waals surface area contributed by atoms with E-state index in [1.807, 2.05) is 39.0 Å². The highest BCUT2D eigenvalue weighted by Gasteiger charge is 2.06. The molecule has 0 aliphatic heterocycles. The van der Waals surface area contributed by atoms with E-state index in [4.69, 9.17) is 4.74 Å². The minimum absolute atomic E-state index is 0.504. The summed E-state index contributed by atoms with van der Waals surface area (Å²) in [5.74, 6) is 1.49. The molecular formula is C16H19NO2. The third-order valence-electron chi connectivity index (χ3n) is 2.92. The van der Waals surface area contributed by atoms with Gasteiger partial charge < -0.3 is 9.84 Å². The minimum Gasteiger partial charge on any atom is -0.456 e. The van der Waals surface area contributed by atoms with Gasteiger partial charge in [0, 0.05) is 0 Å². The molecule has 1 aromatic carbocycles. The minimum atomic E-state index is -0.504. The molecule has 0 bridgehead atoms. The number of aromatic nitrogens is 1. The van der Waals surface area contributed by atoms with Crippen molar-refractivity contribution in [2.75, 3.05) is 0 Å². The number of aliphatic hydroxyl groups is 1. The van der Waals surface area contributed by atoms with Gasteiger partial charge in [-0.3, -0.25) is 4.98 Å². The number of aliphatic hydroxyl groups excluding tert-OH is 1. The van der Waals surface area contributed by atoms with Crippen molar-refractivity contribution in [2.24, 2.45) is 0 Å². The first-order valence-corrected chi connectivity index (χ1v) is 6.48. The van der Waals surface area contributed by atoms with Gasteiger partial charge >= 0.3 is 0 Å². The molecule has 2 rings (SSSR count). The lowest BCUT2D eigenvalue weighted by atomic mass is 10.1. The van der Waals surface area contributed by atoms with Gasteiger partial charge in [-0.25, -0.2) is 0 Å². The van der Waals surface area contributed by atoms with Gasteiger partial charge in [0.1, 0.15) is 11.5 Å². The van der Waals surface area contributed by atoms with Crippen molar-refractivity contribution < 1.29 is 9.84 Å². The average Bonchev–Trinajstić information content (AvgIpc) is 2.37. The van der Waals surface area contributed by atoms with Crippen molar-refractivity contribution in [2.45, 2.75) is 33.3 Å². The highest BCUT2D eigenvalue weighted by Crippen LogP contribution is 2.24. The van der Waals surface area contributed by atoms with E-state index in [0.717, 1.165) is 5.75 Å². The molecular weight excluding hydrogens is 238 g/mol. The van der Waals surface area contributed by atoms with Crippen molar-refractivity contribution in [3.8, 4) is 11.5 Å². The first kappa shape index (κ1) is 13.6. The Bertz CT molecular complexity index is 529. The highest BCUT2D eigenvalue weighted by atomic mass is 16.5. The zero-order chi connectivity index (χ0) is 13.8. The molecule has 0 radical (unpaired) electrons. The van der Waals surface area contributed by atoms with Crippen LogP contribution in [0.1, 0.15) is 36.3 Å². The van der Waals surface area contributed by atoms with Gasteiger partial charge in [0.15, 0.2) is 0 Å². The van der Waals surface area contributed by atoms with Crippen molar-refractivity contribution in [1.29, 1.82) is 0 Å². The topological polar surface area (TPSA) is 42.4 Å². The molecule has 0 fully saturated rings. The molecule has 0 aliphatic carbocycles. The summed E-state index contributed by atoms with van der Waals surface area (Å²) < 4.78 is 5.76. The molecule has 2 aromatic rings. The van der Waals surface area contributed by atoms with Crippen LogP contribution in [0.3, 0.4) is 0 Å². The van der Waals surface area contributed by atoms with Crippen LogP contribution in [0.5, 0.6) is 11.5 Å². The largest absolute Gasteiger partial charge is 0.456 e. The molecule has 1 atom stereocenters. The summed E-state index contributed by atoms with van der Waals surface area (Å²) in [5.41, 5.74) is 3.01. The molecule has 0 spiro atoms. The molecule has 3 heteroatoms. The summed E-state index contributed by atoms with van der Waals surface area (Å²) in [5, 5.41) is 9.68. The van der Waals surface area contributed by atoms with E-state index in [1.54, 1.807) is 12.3 Å². The Balaban J connectivity index is 2.15. The molecule has 1 N–H and O–H groups in total. The normalized spacial score (nSPS) is 12.2. The standard InChI is InChI=1S/C16H19NO2/c1-4-16(18)15-6-5-13(10-17-15)19-14-8-11(2)7-12(3)9-14/h5-10,16,18H,4H2,1-3H3. The Morgan fingerprint density at radius 3 is 2.32 bits per heavy atom. The number of nitrogens with zero attached hydrogens (tertiary/aromatic N) is 1. The Hall–Kier alpha value is -1.87. The molecule has 0 amide bonds. The zero-order valence-corrected chi connectivity index (χ0v) is 11.6. The van der Waals surface area contributed by atoms with Gasteiger partial charge in [0.05, 0.1) is 18.0 Å². The zero-order valence-electron chi connectivity index (χ0n) is 11.6. The van der Waals surface area contributed by atoms with Crippen LogP contribution in [0.4, 0.5) is 0 Å². The second-order valence-electron chi connectivity index (χ2n) is 4.77. The second kappa shape index (κ2) is 5.85. The van der Waals surface area contributed by atoms with E-state index in [0.29, 0.717) is 17.9 Å². The van der Waals surface area contributed by atoms with Crippen LogP contribution in [0, 0.1) is 13.8 Å². The third kappa shape index (κ3) is 3.55. The molecule has 0 saturated heterocycles. The lowest BCUT2D eigenvalue weighted by Crippen LogP contribution is -1.98. The third-order valence-corrected chi connectivity index (χ3v) is 2.92. The summed E-state index contributed by atoms with van der Waals surface area (Å²) >= 11 is 0. The molecule has 1 aromatic heterocycles. The monoisotopic (exact) mass is 257 g/mol. The molecule has 1 heterocycles. The molecule has 0 aliphatic rings. The first-order valence-electron chi connectivity index (χ1n) is 6.48. The number of ether oxygens (including phenoxy) is 1. The van der Waals surface area contributed by atoms with Crippen LogP contribution in [0.15, 0.2) is 36.5 Å². The van der Waals surface area contributed by atoms with Crippen molar-refractivity contribution in [1.82, 2.24) is 4.98 Å². The van der Waals surface area contributed by atoms with Crippen LogP contribution >= 0.6 is 0 Å². The first-order chi connectivity index (χ1) is 9.08. The van der Waals surface area contributed by atoms with Crippen LogP contribution in [-0.2, 0) is 0 Å². The number of rotatable bonds is 4. The summed E-state index contributed by atoms with van der Waals surface area (Å²) in [7, 11) is 0. The Kier molecular flexibility index (Phi) is 4.17. The van der Waals surface area contributed by atoms with Gasteiger partial charge in [0.25, 0.3) is 0 Å². The highest BCUT2D eigenvalue weighted by molar-refractivity contribution is 5.36. The molecule has 3 nitrogen and oxygen atoms in total. The lowest BCUT2D eigenvalue weighted by Gasteiger charge is -2.10.